The SMILES string of the molecule is CC(=Cc1ccc2c(c1)N(S(=O)(=O)c1cccc(C(F)(F)F)c1)C[C@H](CCc1noc(=O)[nH]1)O2)c1c(F)cccc1Cl. The molecule has 5 rings (SSSR count). The fraction of sp³-hybridized carbons (Fsp3) is 0.214. The van der Waals surface area contributed by atoms with Gasteiger partial charge in [0.2, 0.25) is 0 Å². The lowest BCUT2D eigenvalue weighted by molar-refractivity contribution is -0.137. The van der Waals surface area contributed by atoms with Crippen molar-refractivity contribution in [3.8, 4) is 5.75 Å². The number of nitrogens with zero attached hydrogens (tertiary/aromatic N) is 2. The lowest BCUT2D eigenvalue weighted by atomic mass is 10.0. The number of H-pyrrole nitrogens is 1. The second-order valence-corrected chi connectivity index (χ2v) is 11.8. The third-order valence-electron chi connectivity index (χ3n) is 6.59. The van der Waals surface area contributed by atoms with Crippen LogP contribution in [0.3, 0.4) is 0 Å². The summed E-state index contributed by atoms with van der Waals surface area (Å²) >= 11 is 6.19. The van der Waals surface area contributed by atoms with Crippen LogP contribution in [0, 0.1) is 5.82 Å². The molecule has 0 unspecified atom stereocenters. The van der Waals surface area contributed by atoms with Crippen LogP contribution in [-0.2, 0) is 22.6 Å². The molecule has 0 fully saturated rings. The van der Waals surface area contributed by atoms with Crippen LogP contribution in [0.25, 0.3) is 11.6 Å². The van der Waals surface area contributed by atoms with Gasteiger partial charge in [0.25, 0.3) is 10.0 Å². The molecule has 1 aromatic heterocycles. The molecule has 4 aromatic rings. The highest BCUT2D eigenvalue weighted by molar-refractivity contribution is 7.92. The summed E-state index contributed by atoms with van der Waals surface area (Å²) in [6.45, 7) is 1.39. The van der Waals surface area contributed by atoms with Crippen LogP contribution in [0.5, 0.6) is 5.75 Å². The van der Waals surface area contributed by atoms with E-state index in [2.05, 4.69) is 14.7 Å². The number of aromatic nitrogens is 2. The van der Waals surface area contributed by atoms with Gasteiger partial charge in [-0.05, 0) is 66.9 Å². The molecular weight excluding hydrogens is 602 g/mol. The first kappa shape index (κ1) is 29.4. The number of aryl methyl sites for hydroxylation is 1. The number of nitrogens with one attached hydrogen (secondary N) is 1. The Kier molecular flexibility index (Phi) is 7.90. The Bertz CT molecular complexity index is 1820. The van der Waals surface area contributed by atoms with Crippen molar-refractivity contribution in [2.75, 3.05) is 10.8 Å². The summed E-state index contributed by atoms with van der Waals surface area (Å²) in [7, 11) is -4.52. The smallest absolute Gasteiger partial charge is 0.438 e. The molecule has 0 radical (unpaired) electrons. The van der Waals surface area contributed by atoms with E-state index in [1.165, 1.54) is 30.3 Å². The van der Waals surface area contributed by atoms with Crippen LogP contribution >= 0.6 is 11.6 Å². The monoisotopic (exact) mass is 623 g/mol. The number of sulfonamides is 1. The normalized spacial score (nSPS) is 15.8. The maximum atomic E-state index is 14.5. The molecule has 1 aliphatic heterocycles. The Morgan fingerprint density at radius 3 is 2.62 bits per heavy atom. The Morgan fingerprint density at radius 1 is 1.17 bits per heavy atom. The molecule has 1 atom stereocenters. The summed E-state index contributed by atoms with van der Waals surface area (Å²) in [6, 6.07) is 12.4. The van der Waals surface area contributed by atoms with E-state index in [-0.39, 0.29) is 47.2 Å². The molecule has 220 valence electrons. The van der Waals surface area contributed by atoms with Crippen LogP contribution in [0.2, 0.25) is 5.02 Å². The number of fused-ring (bicyclic) bond motifs is 1. The van der Waals surface area contributed by atoms with E-state index >= 15 is 0 Å². The first-order valence-corrected chi connectivity index (χ1v) is 14.3. The molecule has 0 saturated carbocycles. The summed E-state index contributed by atoms with van der Waals surface area (Å²) < 4.78 is 94.0. The Hall–Kier alpha value is -4.10. The number of anilines is 1. The van der Waals surface area contributed by atoms with E-state index in [4.69, 9.17) is 16.3 Å². The van der Waals surface area contributed by atoms with Crippen molar-refractivity contribution >= 4 is 39.0 Å². The molecule has 1 aliphatic rings. The van der Waals surface area contributed by atoms with Gasteiger partial charge in [-0.2, -0.15) is 13.2 Å². The van der Waals surface area contributed by atoms with Gasteiger partial charge in [-0.1, -0.05) is 41.0 Å². The molecule has 42 heavy (non-hydrogen) atoms. The second-order valence-electron chi connectivity index (χ2n) is 9.53. The van der Waals surface area contributed by atoms with Gasteiger partial charge in [-0.25, -0.2) is 17.6 Å². The maximum absolute atomic E-state index is 14.5. The highest BCUT2D eigenvalue weighted by Crippen LogP contribution is 2.40. The van der Waals surface area contributed by atoms with Crippen LogP contribution < -0.4 is 14.8 Å². The highest BCUT2D eigenvalue weighted by Gasteiger charge is 2.37. The fourth-order valence-corrected chi connectivity index (χ4v) is 6.48. The zero-order valence-corrected chi connectivity index (χ0v) is 23.4. The van der Waals surface area contributed by atoms with Gasteiger partial charge in [0.1, 0.15) is 17.7 Å². The topological polar surface area (TPSA) is 106 Å². The van der Waals surface area contributed by atoms with Gasteiger partial charge in [-0.3, -0.25) is 13.8 Å². The summed E-state index contributed by atoms with van der Waals surface area (Å²) in [4.78, 5) is 13.1. The van der Waals surface area contributed by atoms with Gasteiger partial charge in [0.15, 0.2) is 5.82 Å². The number of aromatic amines is 1. The Labute approximate surface area is 242 Å². The number of benzene rings is 3. The predicted molar refractivity (Wildman–Crippen MR) is 147 cm³/mol. The van der Waals surface area contributed by atoms with Crippen LogP contribution in [-0.4, -0.2) is 31.2 Å². The summed E-state index contributed by atoms with van der Waals surface area (Å²) in [6.07, 6.45) is -3.53. The van der Waals surface area contributed by atoms with Crippen molar-refractivity contribution in [2.45, 2.75) is 36.9 Å². The lowest BCUT2D eigenvalue weighted by Crippen LogP contribution is -2.43. The molecule has 0 spiro atoms. The van der Waals surface area contributed by atoms with Gasteiger partial charge < -0.3 is 4.74 Å². The van der Waals surface area contributed by atoms with E-state index < -0.39 is 44.3 Å². The number of rotatable bonds is 7. The van der Waals surface area contributed by atoms with Crippen LogP contribution in [0.15, 0.2) is 74.9 Å². The predicted octanol–water partition coefficient (Wildman–Crippen LogP) is 6.32. The average Bonchev–Trinajstić information content (AvgIpc) is 3.36. The van der Waals surface area contributed by atoms with E-state index in [9.17, 15) is 30.8 Å². The van der Waals surface area contributed by atoms with Crippen molar-refractivity contribution in [1.29, 1.82) is 0 Å². The van der Waals surface area contributed by atoms with Crippen LogP contribution in [0.4, 0.5) is 23.2 Å². The third-order valence-corrected chi connectivity index (χ3v) is 8.68. The molecule has 1 N–H and O–H groups in total. The summed E-state index contributed by atoms with van der Waals surface area (Å²) in [5, 5.41) is 3.78. The minimum Gasteiger partial charge on any atom is -0.486 e. The van der Waals surface area contributed by atoms with Gasteiger partial charge in [0.05, 0.1) is 27.7 Å². The first-order chi connectivity index (χ1) is 19.8. The molecular formula is C28H22ClF4N3O5S. The van der Waals surface area contributed by atoms with E-state index in [0.29, 0.717) is 17.2 Å². The minimum absolute atomic E-state index is 0.0830. The minimum atomic E-state index is -4.75. The lowest BCUT2D eigenvalue weighted by Gasteiger charge is -2.35. The molecule has 3 aromatic carbocycles. The van der Waals surface area contributed by atoms with E-state index in [1.54, 1.807) is 19.1 Å². The van der Waals surface area contributed by atoms with Gasteiger partial charge in [-0.15, -0.1) is 0 Å². The largest absolute Gasteiger partial charge is 0.486 e. The van der Waals surface area contributed by atoms with Crippen molar-refractivity contribution < 1.29 is 35.2 Å². The Balaban J connectivity index is 1.55. The molecule has 0 saturated heterocycles. The fourth-order valence-electron chi connectivity index (χ4n) is 4.62. The number of hydrogen-bond donors (Lipinski definition) is 1. The zero-order chi connectivity index (χ0) is 30.2. The van der Waals surface area contributed by atoms with Crippen molar-refractivity contribution in [3.63, 3.8) is 0 Å². The number of hydrogen-bond acceptors (Lipinski definition) is 6. The first-order valence-electron chi connectivity index (χ1n) is 12.5. The number of halogens is 5. The maximum Gasteiger partial charge on any atom is 0.438 e. The molecule has 14 heteroatoms. The van der Waals surface area contributed by atoms with Crippen molar-refractivity contribution in [2.24, 2.45) is 0 Å². The molecule has 2 heterocycles. The molecule has 0 aliphatic carbocycles. The third kappa shape index (κ3) is 6.07. The molecule has 0 bridgehead atoms. The average molecular weight is 624 g/mol. The second kappa shape index (κ2) is 11.3. The summed E-state index contributed by atoms with van der Waals surface area (Å²) in [5.41, 5.74) is 0.0727. The van der Waals surface area contributed by atoms with Crippen LogP contribution in [0.1, 0.15) is 35.9 Å². The number of alkyl halides is 3. The Morgan fingerprint density at radius 2 is 1.93 bits per heavy atom. The highest BCUT2D eigenvalue weighted by atomic mass is 35.5. The van der Waals surface area contributed by atoms with Gasteiger partial charge in [0, 0.05) is 12.0 Å². The van der Waals surface area contributed by atoms with Crippen molar-refractivity contribution in [1.82, 2.24) is 10.1 Å². The van der Waals surface area contributed by atoms with Crippen molar-refractivity contribution in [3.05, 3.63) is 105 Å². The van der Waals surface area contributed by atoms with Gasteiger partial charge >= 0.3 is 11.9 Å². The number of allylic oxidation sites excluding steroid dienone is 1. The van der Waals surface area contributed by atoms with E-state index in [0.717, 1.165) is 22.5 Å². The molecule has 8 nitrogen and oxygen atoms in total. The number of ether oxygens (including phenoxy) is 1. The molecule has 0 amide bonds. The summed E-state index contributed by atoms with van der Waals surface area (Å²) in [5.74, 6) is -0.901. The quantitative estimate of drug-likeness (QED) is 0.191. The zero-order valence-electron chi connectivity index (χ0n) is 21.8. The van der Waals surface area contributed by atoms with E-state index in [1.807, 2.05) is 0 Å². The standard InChI is InChI=1S/C28H22ClF4N3O5S/c1-16(26-21(29)6-3-7-22(26)30)12-17-8-10-24-23(13-17)36(15-19(40-24)9-11-25-34-27(37)41-35-25)42(38,39)20-5-2-4-18(14-20)28(31,32)33/h2-8,10,12-14,19H,9,11,15H2,1H3,(H,34,35,37)/t19-/m0/s1.